The Morgan fingerprint density at radius 3 is 2.67 bits per heavy atom. The molecule has 2 nitrogen and oxygen atoms in total. The third-order valence-electron chi connectivity index (χ3n) is 3.62. The van der Waals surface area contributed by atoms with Gasteiger partial charge in [-0.25, -0.2) is 9.48 Å². The van der Waals surface area contributed by atoms with E-state index in [0.717, 1.165) is 6.54 Å². The molecule has 1 aliphatic heterocycles. The Labute approximate surface area is 108 Å². The predicted octanol–water partition coefficient (Wildman–Crippen LogP) is 3.76. The molecule has 2 heteroatoms. The Hall–Kier alpha value is -1.83. The van der Waals surface area contributed by atoms with Crippen LogP contribution in [0, 0.1) is 0 Å². The third-order valence-corrected chi connectivity index (χ3v) is 3.62. The van der Waals surface area contributed by atoms with Crippen molar-refractivity contribution < 1.29 is 4.58 Å². The van der Waals surface area contributed by atoms with Gasteiger partial charge in [0.05, 0.1) is 19.0 Å². The van der Waals surface area contributed by atoms with Crippen molar-refractivity contribution in [3.8, 4) is 0 Å². The fraction of sp³-hybridized carbons (Fsp3) is 0.312. The van der Waals surface area contributed by atoms with Crippen LogP contribution in [0.1, 0.15) is 19.8 Å². The molecule has 2 aromatic carbocycles. The van der Waals surface area contributed by atoms with Crippen molar-refractivity contribution in [3.05, 3.63) is 36.4 Å². The van der Waals surface area contributed by atoms with Crippen LogP contribution in [0.3, 0.4) is 0 Å². The standard InChI is InChI=1S/C16H19N2/c1-3-4-11-18-12-17(2)14-9-5-7-13-8-6-10-15(18)16(13)14/h5-10,12H,3-4,11H2,1-2H3/q+1. The highest BCUT2D eigenvalue weighted by molar-refractivity contribution is 6.06. The quantitative estimate of drug-likeness (QED) is 0.739. The molecule has 3 rings (SSSR count). The zero-order valence-corrected chi connectivity index (χ0v) is 11.1. The normalized spacial score (nSPS) is 13.9. The summed E-state index contributed by atoms with van der Waals surface area (Å²) in [6, 6.07) is 13.1. The highest BCUT2D eigenvalue weighted by atomic mass is 15.2. The summed E-state index contributed by atoms with van der Waals surface area (Å²) in [5, 5.41) is 2.70. The van der Waals surface area contributed by atoms with Gasteiger partial charge in [-0.1, -0.05) is 37.6 Å². The molecule has 1 aliphatic rings. The lowest BCUT2D eigenvalue weighted by atomic mass is 10.0. The Balaban J connectivity index is 2.19. The Morgan fingerprint density at radius 2 is 1.89 bits per heavy atom. The molecule has 0 aromatic heterocycles. The zero-order chi connectivity index (χ0) is 12.5. The van der Waals surface area contributed by atoms with Crippen LogP contribution >= 0.6 is 0 Å². The average molecular weight is 239 g/mol. The van der Waals surface area contributed by atoms with Crippen LogP contribution in [0.15, 0.2) is 36.4 Å². The number of nitrogens with zero attached hydrogens (tertiary/aromatic N) is 2. The molecule has 0 spiro atoms. The highest BCUT2D eigenvalue weighted by Gasteiger charge is 2.23. The summed E-state index contributed by atoms with van der Waals surface area (Å²) in [5.41, 5.74) is 2.64. The average Bonchev–Trinajstić information content (AvgIpc) is 2.41. The number of hydrogen-bond acceptors (Lipinski definition) is 1. The van der Waals surface area contributed by atoms with Crippen molar-refractivity contribution in [1.29, 1.82) is 0 Å². The molecule has 92 valence electrons. The van der Waals surface area contributed by atoms with Gasteiger partial charge in [-0.05, 0) is 23.9 Å². The van der Waals surface area contributed by atoms with E-state index < -0.39 is 0 Å². The molecule has 0 radical (unpaired) electrons. The molecule has 0 unspecified atom stereocenters. The number of rotatable bonds is 3. The summed E-state index contributed by atoms with van der Waals surface area (Å²) in [6.45, 7) is 3.33. The van der Waals surface area contributed by atoms with E-state index in [9.17, 15) is 0 Å². The molecule has 0 N–H and O–H groups in total. The second kappa shape index (κ2) is 4.45. The van der Waals surface area contributed by atoms with Crippen molar-refractivity contribution in [2.24, 2.45) is 0 Å². The molecule has 18 heavy (non-hydrogen) atoms. The van der Waals surface area contributed by atoms with Crippen LogP contribution in [0.2, 0.25) is 0 Å². The van der Waals surface area contributed by atoms with Gasteiger partial charge in [0.2, 0.25) is 6.34 Å². The summed E-state index contributed by atoms with van der Waals surface area (Å²) in [4.78, 5) is 2.37. The van der Waals surface area contributed by atoms with Gasteiger partial charge in [0.15, 0.2) is 0 Å². The van der Waals surface area contributed by atoms with E-state index in [-0.39, 0.29) is 0 Å². The van der Waals surface area contributed by atoms with Crippen LogP contribution in [-0.2, 0) is 0 Å². The molecule has 0 saturated heterocycles. The van der Waals surface area contributed by atoms with Gasteiger partial charge in [0.25, 0.3) is 0 Å². The van der Waals surface area contributed by atoms with Gasteiger partial charge in [-0.2, -0.15) is 0 Å². The molecule has 0 fully saturated rings. The molecular weight excluding hydrogens is 220 g/mol. The van der Waals surface area contributed by atoms with Gasteiger partial charge in [0.1, 0.15) is 11.4 Å². The summed E-state index contributed by atoms with van der Waals surface area (Å²) < 4.78 is 2.23. The van der Waals surface area contributed by atoms with E-state index in [4.69, 9.17) is 0 Å². The molecular formula is C16H19N2+. The second-order valence-corrected chi connectivity index (χ2v) is 4.93. The first kappa shape index (κ1) is 11.3. The molecule has 2 aromatic rings. The molecule has 0 atom stereocenters. The fourth-order valence-electron chi connectivity index (χ4n) is 2.68. The maximum Gasteiger partial charge on any atom is 0.244 e. The Kier molecular flexibility index (Phi) is 2.78. The van der Waals surface area contributed by atoms with Crippen molar-refractivity contribution in [3.63, 3.8) is 0 Å². The number of anilines is 1. The minimum Gasteiger partial charge on any atom is -0.236 e. The van der Waals surface area contributed by atoms with Crippen LogP contribution in [0.4, 0.5) is 11.4 Å². The molecule has 1 heterocycles. The first-order valence-electron chi connectivity index (χ1n) is 6.67. The van der Waals surface area contributed by atoms with E-state index in [1.54, 1.807) is 0 Å². The van der Waals surface area contributed by atoms with Crippen LogP contribution < -0.4 is 4.90 Å². The monoisotopic (exact) mass is 239 g/mol. The topological polar surface area (TPSA) is 6.25 Å². The number of unbranched alkanes of at least 4 members (excludes halogenated alkanes) is 1. The lowest BCUT2D eigenvalue weighted by Gasteiger charge is -2.21. The van der Waals surface area contributed by atoms with Crippen molar-refractivity contribution >= 4 is 28.5 Å². The number of benzene rings is 2. The first-order chi connectivity index (χ1) is 8.81. The molecule has 0 saturated carbocycles. The molecule has 0 aliphatic carbocycles. The summed E-state index contributed by atoms with van der Waals surface area (Å²) in [7, 11) is 2.13. The largest absolute Gasteiger partial charge is 0.244 e. The highest BCUT2D eigenvalue weighted by Crippen LogP contribution is 2.36. The van der Waals surface area contributed by atoms with Gasteiger partial charge < -0.3 is 0 Å². The van der Waals surface area contributed by atoms with Crippen molar-refractivity contribution in [1.82, 2.24) is 0 Å². The summed E-state index contributed by atoms with van der Waals surface area (Å²) in [6.07, 6.45) is 4.67. The predicted molar refractivity (Wildman–Crippen MR) is 78.1 cm³/mol. The van der Waals surface area contributed by atoms with E-state index in [0.29, 0.717) is 0 Å². The lowest BCUT2D eigenvalue weighted by molar-refractivity contribution is -0.399. The van der Waals surface area contributed by atoms with Crippen molar-refractivity contribution in [2.45, 2.75) is 19.8 Å². The fourth-order valence-corrected chi connectivity index (χ4v) is 2.68. The molecule has 0 amide bonds. The van der Waals surface area contributed by atoms with Crippen LogP contribution in [0.25, 0.3) is 10.8 Å². The number of hydrogen-bond donors (Lipinski definition) is 0. The summed E-state index contributed by atoms with van der Waals surface area (Å²) >= 11 is 0. The third kappa shape index (κ3) is 1.69. The van der Waals surface area contributed by atoms with E-state index >= 15 is 0 Å². The van der Waals surface area contributed by atoms with E-state index in [2.05, 4.69) is 66.2 Å². The zero-order valence-electron chi connectivity index (χ0n) is 11.1. The summed E-state index contributed by atoms with van der Waals surface area (Å²) in [5.74, 6) is 0. The van der Waals surface area contributed by atoms with Crippen LogP contribution in [0.5, 0.6) is 0 Å². The lowest BCUT2D eigenvalue weighted by Crippen LogP contribution is -2.29. The van der Waals surface area contributed by atoms with Crippen molar-refractivity contribution in [2.75, 3.05) is 18.5 Å². The smallest absolute Gasteiger partial charge is 0.236 e. The SMILES string of the molecule is CCCCN1C=[N+](C)c2cccc3cccc1c23. The van der Waals surface area contributed by atoms with E-state index in [1.165, 1.54) is 35.0 Å². The maximum atomic E-state index is 2.37. The van der Waals surface area contributed by atoms with Gasteiger partial charge in [0, 0.05) is 0 Å². The van der Waals surface area contributed by atoms with Crippen LogP contribution in [-0.4, -0.2) is 24.5 Å². The van der Waals surface area contributed by atoms with Gasteiger partial charge >= 0.3 is 0 Å². The first-order valence-corrected chi connectivity index (χ1v) is 6.67. The Morgan fingerprint density at radius 1 is 1.11 bits per heavy atom. The van der Waals surface area contributed by atoms with E-state index in [1.807, 2.05) is 0 Å². The second-order valence-electron chi connectivity index (χ2n) is 4.93. The Bertz CT molecular complexity index is 608. The molecule has 0 bridgehead atoms. The maximum absolute atomic E-state index is 2.37. The van der Waals surface area contributed by atoms with Gasteiger partial charge in [-0.15, -0.1) is 0 Å². The van der Waals surface area contributed by atoms with Gasteiger partial charge in [-0.3, -0.25) is 0 Å². The minimum absolute atomic E-state index is 1.09. The minimum atomic E-state index is 1.09.